The first kappa shape index (κ1) is 18.6. The number of anilines is 2. The van der Waals surface area contributed by atoms with Crippen LogP contribution in [0.15, 0.2) is 66.9 Å². The lowest BCUT2D eigenvalue weighted by molar-refractivity contribution is 0.0946. The molecule has 2 N–H and O–H groups in total. The standard InChI is InChI=1S/C22H22FN3O/c1-15(2)19-5-3-4-6-20(19)26-18-11-12-24-21(13-18)22(27)25-14-16-7-9-17(23)10-8-16/h3-13,15H,14H2,1-2H3,(H,24,26)(H,25,27). The van der Waals surface area contributed by atoms with E-state index in [4.69, 9.17) is 0 Å². The van der Waals surface area contributed by atoms with Gasteiger partial charge < -0.3 is 10.6 Å². The van der Waals surface area contributed by atoms with Crippen LogP contribution in [0.4, 0.5) is 15.8 Å². The maximum Gasteiger partial charge on any atom is 0.270 e. The van der Waals surface area contributed by atoms with Gasteiger partial charge >= 0.3 is 0 Å². The smallest absolute Gasteiger partial charge is 0.270 e. The summed E-state index contributed by atoms with van der Waals surface area (Å²) in [5.74, 6) is -0.193. The molecule has 1 aromatic heterocycles. The Morgan fingerprint density at radius 1 is 1.07 bits per heavy atom. The highest BCUT2D eigenvalue weighted by Gasteiger charge is 2.10. The number of nitrogens with one attached hydrogen (secondary N) is 2. The molecular weight excluding hydrogens is 341 g/mol. The van der Waals surface area contributed by atoms with Gasteiger partial charge in [-0.1, -0.05) is 44.2 Å². The number of hydrogen-bond donors (Lipinski definition) is 2. The van der Waals surface area contributed by atoms with Crippen molar-refractivity contribution in [3.8, 4) is 0 Å². The number of carbonyl (C=O) groups is 1. The fourth-order valence-corrected chi connectivity index (χ4v) is 2.78. The molecule has 0 aliphatic heterocycles. The van der Waals surface area contributed by atoms with Gasteiger partial charge in [-0.15, -0.1) is 0 Å². The lowest BCUT2D eigenvalue weighted by Crippen LogP contribution is -2.23. The summed E-state index contributed by atoms with van der Waals surface area (Å²) in [4.78, 5) is 16.5. The van der Waals surface area contributed by atoms with E-state index in [2.05, 4.69) is 35.5 Å². The monoisotopic (exact) mass is 363 g/mol. The molecular formula is C22H22FN3O. The highest BCUT2D eigenvalue weighted by atomic mass is 19.1. The predicted octanol–water partition coefficient (Wildman–Crippen LogP) is 5.02. The Morgan fingerprint density at radius 2 is 1.81 bits per heavy atom. The van der Waals surface area contributed by atoms with Crippen LogP contribution >= 0.6 is 0 Å². The van der Waals surface area contributed by atoms with Gasteiger partial charge in [0.05, 0.1) is 0 Å². The summed E-state index contributed by atoms with van der Waals surface area (Å²) in [6.45, 7) is 4.59. The lowest BCUT2D eigenvalue weighted by atomic mass is 10.0. The summed E-state index contributed by atoms with van der Waals surface area (Å²) in [6, 6.07) is 17.7. The molecule has 0 spiro atoms. The van der Waals surface area contributed by atoms with Crippen LogP contribution in [0.5, 0.6) is 0 Å². The summed E-state index contributed by atoms with van der Waals surface area (Å²) in [5.41, 5.74) is 4.16. The Balaban J connectivity index is 1.70. The molecule has 0 fully saturated rings. The van der Waals surface area contributed by atoms with Crippen LogP contribution in [0.25, 0.3) is 0 Å². The Hall–Kier alpha value is -3.21. The molecule has 0 bridgehead atoms. The number of benzene rings is 2. The first-order valence-corrected chi connectivity index (χ1v) is 8.87. The lowest BCUT2D eigenvalue weighted by Gasteiger charge is -2.15. The molecule has 0 radical (unpaired) electrons. The van der Waals surface area contributed by atoms with Crippen LogP contribution in [0.3, 0.4) is 0 Å². The summed E-state index contributed by atoms with van der Waals surface area (Å²) < 4.78 is 12.9. The normalized spacial score (nSPS) is 10.7. The Kier molecular flexibility index (Phi) is 5.81. The van der Waals surface area contributed by atoms with Gasteiger partial charge in [-0.3, -0.25) is 9.78 Å². The van der Waals surface area contributed by atoms with E-state index < -0.39 is 0 Å². The van der Waals surface area contributed by atoms with Gasteiger partial charge in [0.2, 0.25) is 0 Å². The molecule has 138 valence electrons. The molecule has 0 aliphatic rings. The van der Waals surface area contributed by atoms with Gasteiger partial charge in [-0.2, -0.15) is 0 Å². The second-order valence-corrected chi connectivity index (χ2v) is 6.61. The van der Waals surface area contributed by atoms with Gasteiger partial charge in [0.15, 0.2) is 0 Å². The minimum atomic E-state index is -0.299. The number of aromatic nitrogens is 1. The van der Waals surface area contributed by atoms with Crippen molar-refractivity contribution in [3.05, 3.63) is 89.5 Å². The zero-order chi connectivity index (χ0) is 19.2. The summed E-state index contributed by atoms with van der Waals surface area (Å²) >= 11 is 0. The maximum atomic E-state index is 12.9. The van der Waals surface area contributed by atoms with E-state index in [1.54, 1.807) is 24.4 Å². The van der Waals surface area contributed by atoms with E-state index in [-0.39, 0.29) is 11.7 Å². The van der Waals surface area contributed by atoms with Crippen LogP contribution in [0, 0.1) is 5.82 Å². The fraction of sp³-hybridized carbons (Fsp3) is 0.182. The second-order valence-electron chi connectivity index (χ2n) is 6.61. The van der Waals surface area contributed by atoms with Gasteiger partial charge in [0, 0.05) is 24.1 Å². The van der Waals surface area contributed by atoms with Gasteiger partial charge in [-0.05, 0) is 47.4 Å². The van der Waals surface area contributed by atoms with Crippen molar-refractivity contribution in [1.29, 1.82) is 0 Å². The van der Waals surface area contributed by atoms with E-state index in [1.165, 1.54) is 17.7 Å². The average Bonchev–Trinajstić information content (AvgIpc) is 2.68. The maximum absolute atomic E-state index is 12.9. The third-order valence-corrected chi connectivity index (χ3v) is 4.22. The van der Waals surface area contributed by atoms with Crippen LogP contribution in [-0.4, -0.2) is 10.9 Å². The molecule has 0 atom stereocenters. The second kappa shape index (κ2) is 8.45. The summed E-state index contributed by atoms with van der Waals surface area (Å²) in [6.07, 6.45) is 1.60. The number of para-hydroxylation sites is 1. The molecule has 1 amide bonds. The van der Waals surface area contributed by atoms with Crippen molar-refractivity contribution >= 4 is 17.3 Å². The first-order chi connectivity index (χ1) is 13.0. The van der Waals surface area contributed by atoms with Gasteiger partial charge in [0.25, 0.3) is 5.91 Å². The average molecular weight is 363 g/mol. The van der Waals surface area contributed by atoms with E-state index in [1.807, 2.05) is 24.3 Å². The summed E-state index contributed by atoms with van der Waals surface area (Å²) in [7, 11) is 0. The highest BCUT2D eigenvalue weighted by Crippen LogP contribution is 2.26. The number of halogens is 1. The SMILES string of the molecule is CC(C)c1ccccc1Nc1ccnc(C(=O)NCc2ccc(F)cc2)c1. The molecule has 1 heterocycles. The Morgan fingerprint density at radius 3 is 2.56 bits per heavy atom. The molecule has 0 saturated heterocycles. The topological polar surface area (TPSA) is 54.0 Å². The summed E-state index contributed by atoms with van der Waals surface area (Å²) in [5, 5.41) is 6.17. The van der Waals surface area contributed by atoms with Crippen molar-refractivity contribution in [2.24, 2.45) is 0 Å². The molecule has 4 nitrogen and oxygen atoms in total. The van der Waals surface area contributed by atoms with Crippen LogP contribution in [-0.2, 0) is 6.54 Å². The minimum Gasteiger partial charge on any atom is -0.355 e. The van der Waals surface area contributed by atoms with Crippen LogP contribution in [0.2, 0.25) is 0 Å². The van der Waals surface area contributed by atoms with Crippen molar-refractivity contribution in [3.63, 3.8) is 0 Å². The van der Waals surface area contributed by atoms with Crippen molar-refractivity contribution in [2.45, 2.75) is 26.3 Å². The van der Waals surface area contributed by atoms with E-state index >= 15 is 0 Å². The minimum absolute atomic E-state index is 0.278. The first-order valence-electron chi connectivity index (χ1n) is 8.87. The molecule has 0 saturated carbocycles. The number of rotatable bonds is 6. The Bertz CT molecular complexity index is 923. The molecule has 0 aliphatic carbocycles. The van der Waals surface area contributed by atoms with E-state index in [0.29, 0.717) is 18.2 Å². The number of pyridine rings is 1. The van der Waals surface area contributed by atoms with Gasteiger partial charge in [0.1, 0.15) is 11.5 Å². The highest BCUT2D eigenvalue weighted by molar-refractivity contribution is 5.93. The number of hydrogen-bond acceptors (Lipinski definition) is 3. The van der Waals surface area contributed by atoms with E-state index in [0.717, 1.165) is 16.9 Å². The fourth-order valence-electron chi connectivity index (χ4n) is 2.78. The predicted molar refractivity (Wildman–Crippen MR) is 106 cm³/mol. The van der Waals surface area contributed by atoms with Crippen molar-refractivity contribution in [2.75, 3.05) is 5.32 Å². The zero-order valence-corrected chi connectivity index (χ0v) is 15.4. The molecule has 2 aromatic carbocycles. The van der Waals surface area contributed by atoms with Crippen molar-refractivity contribution < 1.29 is 9.18 Å². The van der Waals surface area contributed by atoms with Crippen LogP contribution in [0.1, 0.15) is 41.4 Å². The molecule has 3 rings (SSSR count). The van der Waals surface area contributed by atoms with Gasteiger partial charge in [-0.25, -0.2) is 4.39 Å². The number of nitrogens with zero attached hydrogens (tertiary/aromatic N) is 1. The largest absolute Gasteiger partial charge is 0.355 e. The third-order valence-electron chi connectivity index (χ3n) is 4.22. The van der Waals surface area contributed by atoms with Crippen molar-refractivity contribution in [1.82, 2.24) is 10.3 Å². The molecule has 3 aromatic rings. The number of amides is 1. The molecule has 0 unspecified atom stereocenters. The zero-order valence-electron chi connectivity index (χ0n) is 15.4. The molecule has 5 heteroatoms. The molecule has 27 heavy (non-hydrogen) atoms. The Labute approximate surface area is 158 Å². The van der Waals surface area contributed by atoms with Crippen LogP contribution < -0.4 is 10.6 Å². The third kappa shape index (κ3) is 4.91. The van der Waals surface area contributed by atoms with E-state index in [9.17, 15) is 9.18 Å². The quantitative estimate of drug-likeness (QED) is 0.647. The number of carbonyl (C=O) groups excluding carboxylic acids is 1.